The number of amides is 2. The van der Waals surface area contributed by atoms with Crippen molar-refractivity contribution in [2.75, 3.05) is 32.3 Å². The summed E-state index contributed by atoms with van der Waals surface area (Å²) in [5.41, 5.74) is 1.39. The second-order valence-electron chi connectivity index (χ2n) is 7.81. The SMILES string of the molecule is CC.COc1cc2nccc(Oc3ccc4c(c3)OCCN4C(=O)NC(C)c3nccs3)c2cc1OC. The third-order valence-corrected chi connectivity index (χ3v) is 6.59. The Morgan fingerprint density at radius 3 is 2.57 bits per heavy atom. The maximum atomic E-state index is 13.0. The predicted molar refractivity (Wildman–Crippen MR) is 145 cm³/mol. The summed E-state index contributed by atoms with van der Waals surface area (Å²) in [4.78, 5) is 23.3. The minimum Gasteiger partial charge on any atom is -0.493 e. The molecule has 1 atom stereocenters. The third-order valence-electron chi connectivity index (χ3n) is 5.64. The fraction of sp³-hybridized carbons (Fsp3) is 0.296. The number of pyridine rings is 1. The number of aromatic nitrogens is 2. The molecule has 0 saturated heterocycles. The van der Waals surface area contributed by atoms with Crippen molar-refractivity contribution < 1.29 is 23.7 Å². The maximum absolute atomic E-state index is 13.0. The summed E-state index contributed by atoms with van der Waals surface area (Å²) >= 11 is 1.51. The molecule has 5 rings (SSSR count). The molecular formula is C27H30N4O5S. The van der Waals surface area contributed by atoms with Gasteiger partial charge >= 0.3 is 6.03 Å². The van der Waals surface area contributed by atoms with Crippen LogP contribution in [0.25, 0.3) is 10.9 Å². The van der Waals surface area contributed by atoms with E-state index >= 15 is 0 Å². The van der Waals surface area contributed by atoms with E-state index in [0.29, 0.717) is 53.1 Å². The zero-order chi connectivity index (χ0) is 26.4. The first-order valence-corrected chi connectivity index (χ1v) is 12.9. The largest absolute Gasteiger partial charge is 0.493 e. The molecule has 3 heterocycles. The van der Waals surface area contributed by atoms with Crippen LogP contribution in [0.2, 0.25) is 0 Å². The number of rotatable bonds is 6. The van der Waals surface area contributed by atoms with Crippen LogP contribution in [0.3, 0.4) is 0 Å². The van der Waals surface area contributed by atoms with E-state index in [-0.39, 0.29) is 12.1 Å². The fourth-order valence-electron chi connectivity index (χ4n) is 3.91. The Bertz CT molecular complexity index is 1360. The number of methoxy groups -OCH3 is 2. The second kappa shape index (κ2) is 11.8. The highest BCUT2D eigenvalue weighted by molar-refractivity contribution is 7.09. The lowest BCUT2D eigenvalue weighted by molar-refractivity contribution is 0.237. The monoisotopic (exact) mass is 522 g/mol. The minimum absolute atomic E-state index is 0.188. The summed E-state index contributed by atoms with van der Waals surface area (Å²) in [6, 6.07) is 10.5. The van der Waals surface area contributed by atoms with E-state index in [4.69, 9.17) is 18.9 Å². The number of nitrogens with zero attached hydrogens (tertiary/aromatic N) is 3. The summed E-state index contributed by atoms with van der Waals surface area (Å²) in [7, 11) is 3.17. The standard InChI is InChI=1S/C25H24N4O5S.C2H6/c1-15(24-27-8-11-35-24)28-25(30)29-9-10-33-21-12-16(4-5-19(21)29)34-20-6-7-26-18-14-23(32-3)22(31-2)13-17(18)20;1-2/h4-8,11-15H,9-10H2,1-3H3,(H,28,30);1-2H3. The molecule has 0 radical (unpaired) electrons. The molecule has 0 spiro atoms. The molecule has 194 valence electrons. The Labute approximate surface area is 220 Å². The highest BCUT2D eigenvalue weighted by Gasteiger charge is 2.26. The van der Waals surface area contributed by atoms with Crippen molar-refractivity contribution in [2.24, 2.45) is 0 Å². The van der Waals surface area contributed by atoms with E-state index < -0.39 is 0 Å². The molecular weight excluding hydrogens is 492 g/mol. The number of carbonyl (C=O) groups is 1. The molecule has 2 aromatic heterocycles. The van der Waals surface area contributed by atoms with Crippen LogP contribution in [-0.2, 0) is 0 Å². The molecule has 1 aliphatic rings. The number of benzene rings is 2. The van der Waals surface area contributed by atoms with Crippen LogP contribution in [0, 0.1) is 0 Å². The third kappa shape index (κ3) is 5.54. The molecule has 1 unspecified atom stereocenters. The number of carbonyl (C=O) groups excluding carboxylic acids is 1. The van der Waals surface area contributed by atoms with Gasteiger partial charge in [-0.3, -0.25) is 9.88 Å². The molecule has 0 bridgehead atoms. The smallest absolute Gasteiger partial charge is 0.322 e. The Balaban J connectivity index is 0.00000156. The van der Waals surface area contributed by atoms with Crippen LogP contribution in [0.5, 0.6) is 28.7 Å². The van der Waals surface area contributed by atoms with Crippen LogP contribution in [0.4, 0.5) is 10.5 Å². The molecule has 0 fully saturated rings. The summed E-state index contributed by atoms with van der Waals surface area (Å²) in [5.74, 6) is 2.93. The zero-order valence-corrected chi connectivity index (χ0v) is 22.3. The molecule has 0 aliphatic carbocycles. The van der Waals surface area contributed by atoms with Gasteiger partial charge in [0.05, 0.1) is 38.0 Å². The predicted octanol–water partition coefficient (Wildman–Crippen LogP) is 6.20. The van der Waals surface area contributed by atoms with Crippen molar-refractivity contribution in [3.05, 3.63) is 59.2 Å². The average Bonchev–Trinajstić information content (AvgIpc) is 3.48. The first-order valence-electron chi connectivity index (χ1n) is 12.0. The molecule has 37 heavy (non-hydrogen) atoms. The molecule has 1 N–H and O–H groups in total. The number of nitrogens with one attached hydrogen (secondary N) is 1. The van der Waals surface area contributed by atoms with Crippen LogP contribution in [0.15, 0.2) is 54.2 Å². The number of hydrogen-bond donors (Lipinski definition) is 1. The number of anilines is 1. The lowest BCUT2D eigenvalue weighted by atomic mass is 10.1. The Morgan fingerprint density at radius 1 is 1.05 bits per heavy atom. The van der Waals surface area contributed by atoms with E-state index in [9.17, 15) is 4.79 Å². The summed E-state index contributed by atoms with van der Waals surface area (Å²) in [6.07, 6.45) is 3.40. The Kier molecular flexibility index (Phi) is 8.29. The van der Waals surface area contributed by atoms with Gasteiger partial charge in [0.25, 0.3) is 0 Å². The molecule has 2 amide bonds. The van der Waals surface area contributed by atoms with E-state index in [1.165, 1.54) is 11.3 Å². The van der Waals surface area contributed by atoms with E-state index in [0.717, 1.165) is 10.4 Å². The van der Waals surface area contributed by atoms with Crippen LogP contribution < -0.4 is 29.2 Å². The highest BCUT2D eigenvalue weighted by Crippen LogP contribution is 2.40. The van der Waals surface area contributed by atoms with Crippen molar-refractivity contribution in [3.63, 3.8) is 0 Å². The van der Waals surface area contributed by atoms with Gasteiger partial charge in [-0.05, 0) is 31.2 Å². The van der Waals surface area contributed by atoms with Crippen molar-refractivity contribution in [1.29, 1.82) is 0 Å². The maximum Gasteiger partial charge on any atom is 0.322 e. The van der Waals surface area contributed by atoms with E-state index in [2.05, 4.69) is 15.3 Å². The van der Waals surface area contributed by atoms with Crippen LogP contribution >= 0.6 is 11.3 Å². The second-order valence-corrected chi connectivity index (χ2v) is 8.73. The van der Waals surface area contributed by atoms with Gasteiger partial charge in [0.15, 0.2) is 11.5 Å². The van der Waals surface area contributed by atoms with Crippen molar-refractivity contribution in [3.8, 4) is 28.7 Å². The fourth-order valence-corrected chi connectivity index (χ4v) is 4.56. The number of thiazole rings is 1. The number of urea groups is 1. The topological polar surface area (TPSA) is 95.0 Å². The lowest BCUT2D eigenvalue weighted by Crippen LogP contribution is -2.45. The summed E-state index contributed by atoms with van der Waals surface area (Å²) < 4.78 is 22.9. The molecule has 10 heteroatoms. The molecule has 4 aromatic rings. The average molecular weight is 523 g/mol. The quantitative estimate of drug-likeness (QED) is 0.322. The summed E-state index contributed by atoms with van der Waals surface area (Å²) in [5, 5.41) is 6.53. The Hall–Kier alpha value is -4.05. The number of ether oxygens (including phenoxy) is 4. The normalized spacial score (nSPS) is 12.9. The lowest BCUT2D eigenvalue weighted by Gasteiger charge is -2.30. The van der Waals surface area contributed by atoms with Gasteiger partial charge in [-0.25, -0.2) is 9.78 Å². The summed E-state index contributed by atoms with van der Waals surface area (Å²) in [6.45, 7) is 6.74. The molecule has 9 nitrogen and oxygen atoms in total. The van der Waals surface area contributed by atoms with Gasteiger partial charge < -0.3 is 24.3 Å². The Morgan fingerprint density at radius 2 is 1.84 bits per heavy atom. The van der Waals surface area contributed by atoms with E-state index in [1.807, 2.05) is 44.4 Å². The van der Waals surface area contributed by atoms with Gasteiger partial charge in [-0.1, -0.05) is 13.8 Å². The van der Waals surface area contributed by atoms with Gasteiger partial charge in [0, 0.05) is 35.3 Å². The van der Waals surface area contributed by atoms with E-state index in [1.54, 1.807) is 49.7 Å². The minimum atomic E-state index is -0.202. The molecule has 1 aliphatic heterocycles. The van der Waals surface area contributed by atoms with Crippen LogP contribution in [-0.4, -0.2) is 43.4 Å². The first kappa shape index (κ1) is 26.0. The van der Waals surface area contributed by atoms with Crippen molar-refractivity contribution in [2.45, 2.75) is 26.8 Å². The van der Waals surface area contributed by atoms with Gasteiger partial charge in [0.2, 0.25) is 0 Å². The number of hydrogen-bond acceptors (Lipinski definition) is 8. The highest BCUT2D eigenvalue weighted by atomic mass is 32.1. The molecule has 0 saturated carbocycles. The van der Waals surface area contributed by atoms with Gasteiger partial charge in [-0.2, -0.15) is 0 Å². The van der Waals surface area contributed by atoms with Gasteiger partial charge in [-0.15, -0.1) is 11.3 Å². The first-order chi connectivity index (χ1) is 18.1. The van der Waals surface area contributed by atoms with Gasteiger partial charge in [0.1, 0.15) is 28.9 Å². The van der Waals surface area contributed by atoms with Crippen LogP contribution in [0.1, 0.15) is 31.8 Å². The zero-order valence-electron chi connectivity index (χ0n) is 21.5. The van der Waals surface area contributed by atoms with Crippen molar-refractivity contribution >= 4 is 34.0 Å². The molecule has 2 aromatic carbocycles. The van der Waals surface area contributed by atoms with Crippen molar-refractivity contribution in [1.82, 2.24) is 15.3 Å². The number of fused-ring (bicyclic) bond motifs is 2.